The first-order valence-electron chi connectivity index (χ1n) is 6.95. The average molecular weight is 323 g/mol. The van der Waals surface area contributed by atoms with Crippen LogP contribution in [0.2, 0.25) is 0 Å². The summed E-state index contributed by atoms with van der Waals surface area (Å²) in [6.07, 6.45) is 1.36. The van der Waals surface area contributed by atoms with E-state index in [9.17, 15) is 14.4 Å². The highest BCUT2D eigenvalue weighted by Gasteiger charge is 2.39. The zero-order chi connectivity index (χ0) is 16.8. The van der Waals surface area contributed by atoms with E-state index < -0.39 is 17.8 Å². The number of fused-ring (bicyclic) bond motifs is 2. The standard InChI is InChI=1S/C15H9N5O4/c1-8-17-15-16-7-6-11(19(15)18-8)14(23)24-20-12(21)9-4-2-3-5-10(9)13(20)22/h2-7H,1H3. The minimum absolute atomic E-state index is 0.00263. The maximum Gasteiger partial charge on any atom is 0.382 e. The number of hydroxylamine groups is 2. The van der Waals surface area contributed by atoms with Gasteiger partial charge in [0.05, 0.1) is 11.1 Å². The number of carbonyl (C=O) groups excluding carboxylic acids is 3. The van der Waals surface area contributed by atoms with Gasteiger partial charge in [-0.15, -0.1) is 5.10 Å². The van der Waals surface area contributed by atoms with Crippen LogP contribution in [0.3, 0.4) is 0 Å². The van der Waals surface area contributed by atoms with Crippen molar-refractivity contribution in [2.75, 3.05) is 0 Å². The van der Waals surface area contributed by atoms with E-state index in [1.807, 2.05) is 0 Å². The van der Waals surface area contributed by atoms with Crippen molar-refractivity contribution < 1.29 is 19.2 Å². The van der Waals surface area contributed by atoms with E-state index in [1.165, 1.54) is 28.9 Å². The van der Waals surface area contributed by atoms with E-state index in [2.05, 4.69) is 15.1 Å². The third kappa shape index (κ3) is 1.95. The Kier molecular flexibility index (Phi) is 2.89. The lowest BCUT2D eigenvalue weighted by molar-refractivity contribution is -0.0590. The number of hydrogen-bond acceptors (Lipinski definition) is 7. The van der Waals surface area contributed by atoms with E-state index in [-0.39, 0.29) is 22.6 Å². The second kappa shape index (κ2) is 4.95. The van der Waals surface area contributed by atoms with Crippen molar-refractivity contribution in [3.05, 3.63) is 59.2 Å². The minimum atomic E-state index is -0.915. The number of rotatable bonds is 2. The molecule has 1 aromatic carbocycles. The fourth-order valence-corrected chi connectivity index (χ4v) is 2.43. The number of amides is 2. The Bertz CT molecular complexity index is 991. The van der Waals surface area contributed by atoms with Gasteiger partial charge in [-0.3, -0.25) is 9.59 Å². The fourth-order valence-electron chi connectivity index (χ4n) is 2.43. The lowest BCUT2D eigenvalue weighted by Crippen LogP contribution is -2.33. The Hall–Kier alpha value is -3.62. The summed E-state index contributed by atoms with van der Waals surface area (Å²) in [5, 5.41) is 4.49. The molecule has 1 aliphatic heterocycles. The Morgan fingerprint density at radius 3 is 2.42 bits per heavy atom. The monoisotopic (exact) mass is 323 g/mol. The number of aromatic nitrogens is 4. The molecular weight excluding hydrogens is 314 g/mol. The van der Waals surface area contributed by atoms with Crippen LogP contribution in [0.15, 0.2) is 36.5 Å². The van der Waals surface area contributed by atoms with E-state index in [1.54, 1.807) is 19.1 Å². The summed E-state index contributed by atoms with van der Waals surface area (Å²) in [6, 6.07) is 7.60. The minimum Gasteiger partial charge on any atom is -0.323 e. The number of benzene rings is 1. The summed E-state index contributed by atoms with van der Waals surface area (Å²) >= 11 is 0. The second-order valence-electron chi connectivity index (χ2n) is 5.03. The van der Waals surface area contributed by atoms with Crippen molar-refractivity contribution in [2.45, 2.75) is 6.92 Å². The highest BCUT2D eigenvalue weighted by atomic mass is 16.7. The number of aryl methyl sites for hydroxylation is 1. The number of hydrogen-bond donors (Lipinski definition) is 0. The van der Waals surface area contributed by atoms with Gasteiger partial charge in [0.1, 0.15) is 5.82 Å². The predicted octanol–water partition coefficient (Wildman–Crippen LogP) is 0.801. The van der Waals surface area contributed by atoms with Crippen LogP contribution in [0.1, 0.15) is 37.0 Å². The molecule has 0 bridgehead atoms. The Morgan fingerprint density at radius 2 is 1.75 bits per heavy atom. The van der Waals surface area contributed by atoms with Gasteiger partial charge in [0.15, 0.2) is 5.69 Å². The molecule has 0 saturated heterocycles. The van der Waals surface area contributed by atoms with Crippen molar-refractivity contribution >= 4 is 23.6 Å². The van der Waals surface area contributed by atoms with Gasteiger partial charge < -0.3 is 4.84 Å². The topological polar surface area (TPSA) is 107 Å². The van der Waals surface area contributed by atoms with Crippen molar-refractivity contribution in [3.8, 4) is 0 Å². The molecule has 3 heterocycles. The molecule has 9 heteroatoms. The molecule has 3 aromatic rings. The first-order chi connectivity index (χ1) is 11.6. The Balaban J connectivity index is 1.68. The molecule has 0 radical (unpaired) electrons. The Morgan fingerprint density at radius 1 is 1.08 bits per heavy atom. The SMILES string of the molecule is Cc1nc2nccc(C(=O)ON3C(=O)c4ccccc4C3=O)n2n1. The molecule has 0 N–H and O–H groups in total. The van der Waals surface area contributed by atoms with Crippen LogP contribution in [0.5, 0.6) is 0 Å². The van der Waals surface area contributed by atoms with Gasteiger partial charge in [-0.05, 0) is 25.1 Å². The van der Waals surface area contributed by atoms with Crippen molar-refractivity contribution in [2.24, 2.45) is 0 Å². The molecule has 0 atom stereocenters. The Labute approximate surface area is 134 Å². The van der Waals surface area contributed by atoms with Gasteiger partial charge in [-0.25, -0.2) is 9.78 Å². The molecule has 9 nitrogen and oxygen atoms in total. The summed E-state index contributed by atoms with van der Waals surface area (Å²) in [7, 11) is 0. The van der Waals surface area contributed by atoms with Gasteiger partial charge in [0.2, 0.25) is 0 Å². The summed E-state index contributed by atoms with van der Waals surface area (Å²) in [5.74, 6) is -1.66. The lowest BCUT2D eigenvalue weighted by atomic mass is 10.1. The molecule has 2 amide bonds. The summed E-state index contributed by atoms with van der Waals surface area (Å²) < 4.78 is 1.19. The molecule has 24 heavy (non-hydrogen) atoms. The zero-order valence-electron chi connectivity index (χ0n) is 12.3. The first kappa shape index (κ1) is 14.0. The van der Waals surface area contributed by atoms with Gasteiger partial charge >= 0.3 is 5.97 Å². The maximum absolute atomic E-state index is 12.4. The number of imide groups is 1. The molecule has 4 rings (SSSR count). The van der Waals surface area contributed by atoms with Crippen LogP contribution in [0.4, 0.5) is 0 Å². The normalized spacial score (nSPS) is 13.5. The van der Waals surface area contributed by atoms with Crippen LogP contribution in [0.25, 0.3) is 5.78 Å². The van der Waals surface area contributed by atoms with Crippen molar-refractivity contribution in [1.29, 1.82) is 0 Å². The number of nitrogens with zero attached hydrogens (tertiary/aromatic N) is 5. The molecule has 0 unspecified atom stereocenters. The van der Waals surface area contributed by atoms with Crippen LogP contribution < -0.4 is 0 Å². The van der Waals surface area contributed by atoms with Gasteiger partial charge in [0, 0.05) is 6.20 Å². The molecule has 0 spiro atoms. The molecule has 0 aliphatic carbocycles. The lowest BCUT2D eigenvalue weighted by Gasteiger charge is -2.12. The van der Waals surface area contributed by atoms with E-state index >= 15 is 0 Å². The van der Waals surface area contributed by atoms with E-state index in [4.69, 9.17) is 4.84 Å². The van der Waals surface area contributed by atoms with E-state index in [0.717, 1.165) is 0 Å². The number of carbonyl (C=O) groups is 3. The molecule has 0 fully saturated rings. The molecule has 1 aliphatic rings. The van der Waals surface area contributed by atoms with Crippen LogP contribution in [-0.4, -0.2) is 42.4 Å². The second-order valence-corrected chi connectivity index (χ2v) is 5.03. The van der Waals surface area contributed by atoms with Crippen LogP contribution >= 0.6 is 0 Å². The van der Waals surface area contributed by atoms with Gasteiger partial charge in [-0.1, -0.05) is 17.2 Å². The predicted molar refractivity (Wildman–Crippen MR) is 77.9 cm³/mol. The fraction of sp³-hybridized carbons (Fsp3) is 0.0667. The highest BCUT2D eigenvalue weighted by Crippen LogP contribution is 2.23. The van der Waals surface area contributed by atoms with Gasteiger partial charge in [-0.2, -0.15) is 9.50 Å². The average Bonchev–Trinajstić information content (AvgIpc) is 3.07. The highest BCUT2D eigenvalue weighted by molar-refractivity contribution is 6.21. The third-order valence-electron chi connectivity index (χ3n) is 3.49. The summed E-state index contributed by atoms with van der Waals surface area (Å²) in [6.45, 7) is 1.65. The maximum atomic E-state index is 12.4. The van der Waals surface area contributed by atoms with Crippen LogP contribution in [-0.2, 0) is 4.84 Å². The molecular formula is C15H9N5O4. The first-order valence-corrected chi connectivity index (χ1v) is 6.95. The molecule has 2 aromatic heterocycles. The molecule has 118 valence electrons. The molecule has 0 saturated carbocycles. The van der Waals surface area contributed by atoms with E-state index in [0.29, 0.717) is 10.9 Å². The summed E-state index contributed by atoms with van der Waals surface area (Å²) in [5.41, 5.74) is 0.371. The third-order valence-corrected chi connectivity index (χ3v) is 3.49. The smallest absolute Gasteiger partial charge is 0.323 e. The summed E-state index contributed by atoms with van der Waals surface area (Å²) in [4.78, 5) is 49.8. The van der Waals surface area contributed by atoms with Crippen LogP contribution in [0, 0.1) is 6.92 Å². The largest absolute Gasteiger partial charge is 0.382 e. The quantitative estimate of drug-likeness (QED) is 0.642. The van der Waals surface area contributed by atoms with Crippen molar-refractivity contribution in [3.63, 3.8) is 0 Å². The zero-order valence-corrected chi connectivity index (χ0v) is 12.3. The van der Waals surface area contributed by atoms with Crippen molar-refractivity contribution in [1.82, 2.24) is 24.6 Å². The van der Waals surface area contributed by atoms with Gasteiger partial charge in [0.25, 0.3) is 17.6 Å².